The molecule has 0 bridgehead atoms. The average Bonchev–Trinajstić information content (AvgIpc) is 3.06. The van der Waals surface area contributed by atoms with Crippen molar-refractivity contribution >= 4 is 5.91 Å². The van der Waals surface area contributed by atoms with Crippen molar-refractivity contribution in [2.45, 2.75) is 238 Å². The van der Waals surface area contributed by atoms with Crippen molar-refractivity contribution in [2.75, 3.05) is 6.73 Å². The summed E-state index contributed by atoms with van der Waals surface area (Å²) in [6.45, 7) is 3.94. The van der Waals surface area contributed by atoms with Crippen molar-refractivity contribution in [3.8, 4) is 0 Å². The molecule has 2 unspecified atom stereocenters. The molecule has 0 heterocycles. The third kappa shape index (κ3) is 30.4. The first-order valence-corrected chi connectivity index (χ1v) is 20.5. The number of carbonyl (C=O) groups is 1. The Bertz CT molecular complexity index is 640. The SMILES string of the molecule is CCCCCCCCCCCCCC=CC(O)N(CO)C(=O)C(O)CCCCCCCCCCCCCCCCCCCCCC. The zero-order valence-electron chi connectivity index (χ0n) is 31.0. The lowest BCUT2D eigenvalue weighted by Crippen LogP contribution is -2.45. The number of nitrogens with zero attached hydrogens (tertiary/aromatic N) is 1. The van der Waals surface area contributed by atoms with E-state index in [-0.39, 0.29) is 0 Å². The summed E-state index contributed by atoms with van der Waals surface area (Å²) < 4.78 is 0. The molecule has 5 heteroatoms. The number of rotatable bonds is 37. The van der Waals surface area contributed by atoms with Gasteiger partial charge >= 0.3 is 0 Å². The van der Waals surface area contributed by atoms with Crippen LogP contribution in [0.2, 0.25) is 0 Å². The van der Waals surface area contributed by atoms with E-state index in [4.69, 9.17) is 0 Å². The van der Waals surface area contributed by atoms with Crippen LogP contribution in [-0.2, 0) is 4.79 Å². The van der Waals surface area contributed by atoms with Crippen molar-refractivity contribution < 1.29 is 20.1 Å². The number of carbonyl (C=O) groups excluding carboxylic acids is 1. The molecule has 0 aliphatic heterocycles. The Hall–Kier alpha value is -0.910. The van der Waals surface area contributed by atoms with E-state index in [9.17, 15) is 20.1 Å². The van der Waals surface area contributed by atoms with Crippen LogP contribution in [0, 0.1) is 0 Å². The molecule has 0 spiro atoms. The molecule has 0 aromatic heterocycles. The molecular weight excluding hydrogens is 570 g/mol. The summed E-state index contributed by atoms with van der Waals surface area (Å²) in [5.41, 5.74) is 0. The standard InChI is InChI=1S/C41H81NO4/c1-3-5-7-9-11-13-15-17-18-19-20-21-22-23-25-26-28-30-32-34-36-39(44)41(46)42(38-43)40(45)37-35-33-31-29-27-24-16-14-12-10-8-6-4-2/h35,37,39-40,43-45H,3-34,36,38H2,1-2H3. The fourth-order valence-corrected chi connectivity index (χ4v) is 6.44. The molecule has 46 heavy (non-hydrogen) atoms. The molecule has 0 saturated heterocycles. The third-order valence-electron chi connectivity index (χ3n) is 9.65. The van der Waals surface area contributed by atoms with Crippen LogP contribution < -0.4 is 0 Å². The van der Waals surface area contributed by atoms with E-state index in [1.807, 2.05) is 6.08 Å². The van der Waals surface area contributed by atoms with E-state index < -0.39 is 25.0 Å². The topological polar surface area (TPSA) is 81.0 Å². The van der Waals surface area contributed by atoms with E-state index in [1.54, 1.807) is 6.08 Å². The number of hydrogen-bond acceptors (Lipinski definition) is 4. The van der Waals surface area contributed by atoms with Crippen LogP contribution in [0.3, 0.4) is 0 Å². The average molecular weight is 652 g/mol. The predicted molar refractivity (Wildman–Crippen MR) is 199 cm³/mol. The van der Waals surface area contributed by atoms with Gasteiger partial charge in [-0.05, 0) is 25.3 Å². The second-order valence-electron chi connectivity index (χ2n) is 14.1. The lowest BCUT2D eigenvalue weighted by atomic mass is 10.0. The fourth-order valence-electron chi connectivity index (χ4n) is 6.44. The van der Waals surface area contributed by atoms with Crippen LogP contribution in [-0.4, -0.2) is 45.2 Å². The molecule has 2 atom stereocenters. The van der Waals surface area contributed by atoms with Gasteiger partial charge in [0.25, 0.3) is 5.91 Å². The van der Waals surface area contributed by atoms with Crippen molar-refractivity contribution in [1.29, 1.82) is 0 Å². The van der Waals surface area contributed by atoms with Crippen LogP contribution >= 0.6 is 0 Å². The van der Waals surface area contributed by atoms with E-state index in [0.29, 0.717) is 6.42 Å². The first-order chi connectivity index (χ1) is 22.6. The van der Waals surface area contributed by atoms with Gasteiger partial charge in [0.1, 0.15) is 19.1 Å². The van der Waals surface area contributed by atoms with Gasteiger partial charge in [0, 0.05) is 0 Å². The lowest BCUT2D eigenvalue weighted by Gasteiger charge is -2.26. The molecule has 0 radical (unpaired) electrons. The lowest BCUT2D eigenvalue weighted by molar-refractivity contribution is -0.154. The zero-order valence-corrected chi connectivity index (χ0v) is 31.0. The van der Waals surface area contributed by atoms with Crippen molar-refractivity contribution in [2.24, 2.45) is 0 Å². The van der Waals surface area contributed by atoms with Gasteiger partial charge in [-0.15, -0.1) is 0 Å². The number of aliphatic hydroxyl groups is 3. The molecule has 0 fully saturated rings. The Kier molecular flexibility index (Phi) is 36.2. The minimum absolute atomic E-state index is 0.378. The second-order valence-corrected chi connectivity index (χ2v) is 14.1. The number of hydrogen-bond donors (Lipinski definition) is 3. The molecule has 5 nitrogen and oxygen atoms in total. The predicted octanol–water partition coefficient (Wildman–Crippen LogP) is 11.9. The van der Waals surface area contributed by atoms with Crippen LogP contribution in [0.1, 0.15) is 226 Å². The molecule has 274 valence electrons. The van der Waals surface area contributed by atoms with Gasteiger partial charge < -0.3 is 15.3 Å². The number of amides is 1. The quantitative estimate of drug-likeness (QED) is 0.0355. The van der Waals surface area contributed by atoms with Gasteiger partial charge in [-0.1, -0.05) is 213 Å². The summed E-state index contributed by atoms with van der Waals surface area (Å²) in [5, 5.41) is 30.4. The van der Waals surface area contributed by atoms with Crippen molar-refractivity contribution in [3.05, 3.63) is 12.2 Å². The molecule has 0 rings (SSSR count). The third-order valence-corrected chi connectivity index (χ3v) is 9.65. The van der Waals surface area contributed by atoms with Gasteiger partial charge in [-0.3, -0.25) is 9.69 Å². The highest BCUT2D eigenvalue weighted by molar-refractivity contribution is 5.80. The summed E-state index contributed by atoms with van der Waals surface area (Å²) in [7, 11) is 0. The highest BCUT2D eigenvalue weighted by atomic mass is 16.3. The van der Waals surface area contributed by atoms with E-state index in [0.717, 1.165) is 37.0 Å². The first-order valence-electron chi connectivity index (χ1n) is 20.5. The zero-order chi connectivity index (χ0) is 33.8. The molecule has 3 N–H and O–H groups in total. The number of allylic oxidation sites excluding steroid dienone is 1. The number of unbranched alkanes of at least 4 members (excludes halogenated alkanes) is 30. The molecule has 0 aromatic rings. The maximum atomic E-state index is 12.6. The summed E-state index contributed by atoms with van der Waals surface area (Å²) in [6, 6.07) is 0. The second kappa shape index (κ2) is 36.9. The van der Waals surface area contributed by atoms with Crippen molar-refractivity contribution in [1.82, 2.24) is 4.90 Å². The maximum absolute atomic E-state index is 12.6. The minimum atomic E-state index is -1.20. The summed E-state index contributed by atoms with van der Waals surface area (Å²) >= 11 is 0. The van der Waals surface area contributed by atoms with Gasteiger partial charge in [0.2, 0.25) is 0 Å². The molecule has 0 aromatic carbocycles. The summed E-state index contributed by atoms with van der Waals surface area (Å²) in [5.74, 6) is -0.591. The van der Waals surface area contributed by atoms with Crippen LogP contribution in [0.5, 0.6) is 0 Å². The summed E-state index contributed by atoms with van der Waals surface area (Å²) in [6.07, 6.45) is 43.0. The Morgan fingerprint density at radius 3 is 1.13 bits per heavy atom. The van der Waals surface area contributed by atoms with Gasteiger partial charge in [0.05, 0.1) is 0 Å². The molecule has 0 aliphatic rings. The normalized spacial score (nSPS) is 13.1. The monoisotopic (exact) mass is 652 g/mol. The van der Waals surface area contributed by atoms with Crippen LogP contribution in [0.25, 0.3) is 0 Å². The fraction of sp³-hybridized carbons (Fsp3) is 0.927. The van der Waals surface area contributed by atoms with E-state index >= 15 is 0 Å². The molecule has 1 amide bonds. The minimum Gasteiger partial charge on any atom is -0.383 e. The Morgan fingerprint density at radius 1 is 0.500 bits per heavy atom. The maximum Gasteiger partial charge on any atom is 0.255 e. The van der Waals surface area contributed by atoms with E-state index in [1.165, 1.54) is 173 Å². The van der Waals surface area contributed by atoms with Crippen LogP contribution in [0.4, 0.5) is 0 Å². The largest absolute Gasteiger partial charge is 0.383 e. The number of aliphatic hydroxyl groups excluding tert-OH is 3. The summed E-state index contributed by atoms with van der Waals surface area (Å²) in [4.78, 5) is 13.6. The highest BCUT2D eigenvalue weighted by Gasteiger charge is 2.25. The molecule has 0 saturated carbocycles. The van der Waals surface area contributed by atoms with Gasteiger partial charge in [-0.2, -0.15) is 0 Å². The van der Waals surface area contributed by atoms with Crippen molar-refractivity contribution in [3.63, 3.8) is 0 Å². The molecule has 0 aliphatic carbocycles. The van der Waals surface area contributed by atoms with Gasteiger partial charge in [-0.25, -0.2) is 0 Å². The van der Waals surface area contributed by atoms with Crippen LogP contribution in [0.15, 0.2) is 12.2 Å². The highest BCUT2D eigenvalue weighted by Crippen LogP contribution is 2.16. The smallest absolute Gasteiger partial charge is 0.255 e. The first kappa shape index (κ1) is 45.1. The Labute approximate surface area is 287 Å². The Balaban J connectivity index is 3.65. The van der Waals surface area contributed by atoms with Gasteiger partial charge in [0.15, 0.2) is 0 Å². The van der Waals surface area contributed by atoms with E-state index in [2.05, 4.69) is 13.8 Å². The molecular formula is C41H81NO4. The Morgan fingerprint density at radius 2 is 0.804 bits per heavy atom.